The van der Waals surface area contributed by atoms with Crippen LogP contribution in [-0.4, -0.2) is 11.1 Å². The number of hydrogen-bond donors (Lipinski definition) is 1. The third-order valence-electron chi connectivity index (χ3n) is 2.68. The van der Waals surface area contributed by atoms with E-state index >= 15 is 0 Å². The Kier molecular flexibility index (Phi) is 3.37. The Hall–Kier alpha value is -2.23. The third-order valence-corrected chi connectivity index (χ3v) is 2.68. The van der Waals surface area contributed by atoms with Crippen molar-refractivity contribution in [3.63, 3.8) is 0 Å². The van der Waals surface area contributed by atoms with Gasteiger partial charge in [0.25, 0.3) is 0 Å². The van der Waals surface area contributed by atoms with E-state index in [-0.39, 0.29) is 16.7 Å². The van der Waals surface area contributed by atoms with E-state index in [1.807, 2.05) is 0 Å². The standard InChI is InChI=1S/C14H10F2O2/c15-8-11-12(16)7-6-10(14(17)18)13(11)9-4-2-1-3-5-9/h1-7H,8H2,(H,17,18). The number of hydrogen-bond acceptors (Lipinski definition) is 1. The second-order valence-corrected chi connectivity index (χ2v) is 3.75. The average molecular weight is 248 g/mol. The lowest BCUT2D eigenvalue weighted by molar-refractivity contribution is 0.0697. The van der Waals surface area contributed by atoms with Crippen molar-refractivity contribution in [3.8, 4) is 11.1 Å². The maximum Gasteiger partial charge on any atom is 0.336 e. The lowest BCUT2D eigenvalue weighted by Gasteiger charge is -2.11. The van der Waals surface area contributed by atoms with Crippen LogP contribution in [0.15, 0.2) is 42.5 Å². The molecule has 0 fully saturated rings. The van der Waals surface area contributed by atoms with Crippen molar-refractivity contribution < 1.29 is 18.7 Å². The molecule has 0 saturated heterocycles. The summed E-state index contributed by atoms with van der Waals surface area (Å²) in [6, 6.07) is 10.5. The van der Waals surface area contributed by atoms with E-state index in [1.54, 1.807) is 30.3 Å². The molecule has 0 bridgehead atoms. The topological polar surface area (TPSA) is 37.3 Å². The van der Waals surface area contributed by atoms with Crippen molar-refractivity contribution in [1.82, 2.24) is 0 Å². The first kappa shape index (κ1) is 12.2. The van der Waals surface area contributed by atoms with Crippen molar-refractivity contribution in [3.05, 3.63) is 59.4 Å². The monoisotopic (exact) mass is 248 g/mol. The van der Waals surface area contributed by atoms with Crippen LogP contribution in [0.25, 0.3) is 11.1 Å². The van der Waals surface area contributed by atoms with Gasteiger partial charge in [-0.15, -0.1) is 0 Å². The molecule has 2 aromatic carbocycles. The molecule has 0 amide bonds. The molecule has 0 aliphatic carbocycles. The predicted octanol–water partition coefficient (Wildman–Crippen LogP) is 3.66. The number of aromatic carboxylic acids is 1. The first-order valence-corrected chi connectivity index (χ1v) is 5.31. The zero-order valence-corrected chi connectivity index (χ0v) is 9.36. The first-order valence-electron chi connectivity index (χ1n) is 5.31. The van der Waals surface area contributed by atoms with Gasteiger partial charge in [0.1, 0.15) is 12.5 Å². The van der Waals surface area contributed by atoms with Gasteiger partial charge in [-0.2, -0.15) is 0 Å². The van der Waals surface area contributed by atoms with Gasteiger partial charge in [0, 0.05) is 11.1 Å². The Balaban J connectivity index is 2.77. The molecule has 2 rings (SSSR count). The molecule has 0 aromatic heterocycles. The molecule has 92 valence electrons. The molecule has 18 heavy (non-hydrogen) atoms. The van der Waals surface area contributed by atoms with Crippen LogP contribution in [0.2, 0.25) is 0 Å². The quantitative estimate of drug-likeness (QED) is 0.899. The van der Waals surface area contributed by atoms with Crippen LogP contribution in [-0.2, 0) is 6.67 Å². The van der Waals surface area contributed by atoms with Gasteiger partial charge in [-0.25, -0.2) is 13.6 Å². The Labute approximate surface area is 103 Å². The van der Waals surface area contributed by atoms with Crippen LogP contribution >= 0.6 is 0 Å². The van der Waals surface area contributed by atoms with Crippen LogP contribution in [0.4, 0.5) is 8.78 Å². The normalized spacial score (nSPS) is 10.3. The summed E-state index contributed by atoms with van der Waals surface area (Å²) in [7, 11) is 0. The van der Waals surface area contributed by atoms with E-state index in [0.717, 1.165) is 12.1 Å². The predicted molar refractivity (Wildman–Crippen MR) is 63.6 cm³/mol. The summed E-state index contributed by atoms with van der Waals surface area (Å²) in [5.41, 5.74) is 0.268. The van der Waals surface area contributed by atoms with E-state index in [1.165, 1.54) is 0 Å². The Morgan fingerprint density at radius 1 is 1.11 bits per heavy atom. The summed E-state index contributed by atoms with van der Waals surface area (Å²) in [5.74, 6) is -1.94. The molecular weight excluding hydrogens is 238 g/mol. The molecule has 2 nitrogen and oxygen atoms in total. The molecule has 4 heteroatoms. The second kappa shape index (κ2) is 4.96. The van der Waals surface area contributed by atoms with E-state index in [9.17, 15) is 13.6 Å². The number of benzene rings is 2. The molecular formula is C14H10F2O2. The number of carboxylic acids is 1. The van der Waals surface area contributed by atoms with Crippen molar-refractivity contribution >= 4 is 5.97 Å². The maximum atomic E-state index is 13.5. The molecule has 0 atom stereocenters. The number of rotatable bonds is 3. The number of carboxylic acid groups (broad SMARTS) is 1. The highest BCUT2D eigenvalue weighted by Crippen LogP contribution is 2.30. The van der Waals surface area contributed by atoms with Crippen molar-refractivity contribution in [2.75, 3.05) is 0 Å². The summed E-state index contributed by atoms with van der Waals surface area (Å²) >= 11 is 0. The summed E-state index contributed by atoms with van der Waals surface area (Å²) in [4.78, 5) is 11.1. The number of halogens is 2. The molecule has 1 N–H and O–H groups in total. The van der Waals surface area contributed by atoms with Crippen molar-refractivity contribution in [2.24, 2.45) is 0 Å². The minimum Gasteiger partial charge on any atom is -0.478 e. The highest BCUT2D eigenvalue weighted by atomic mass is 19.1. The van der Waals surface area contributed by atoms with E-state index in [0.29, 0.717) is 5.56 Å². The second-order valence-electron chi connectivity index (χ2n) is 3.75. The fraction of sp³-hybridized carbons (Fsp3) is 0.0714. The van der Waals surface area contributed by atoms with Gasteiger partial charge < -0.3 is 5.11 Å². The van der Waals surface area contributed by atoms with Crippen LogP contribution < -0.4 is 0 Å². The molecule has 0 radical (unpaired) electrons. The fourth-order valence-corrected chi connectivity index (χ4v) is 1.87. The molecule has 0 aliphatic rings. The van der Waals surface area contributed by atoms with Crippen molar-refractivity contribution in [2.45, 2.75) is 6.67 Å². The lowest BCUT2D eigenvalue weighted by Crippen LogP contribution is -2.04. The zero-order chi connectivity index (χ0) is 13.1. The van der Waals surface area contributed by atoms with Gasteiger partial charge in [0.05, 0.1) is 5.56 Å². The fourth-order valence-electron chi connectivity index (χ4n) is 1.87. The maximum absolute atomic E-state index is 13.5. The molecule has 0 unspecified atom stereocenters. The summed E-state index contributed by atoms with van der Waals surface area (Å²) in [6.45, 7) is -1.04. The van der Waals surface area contributed by atoms with Gasteiger partial charge in [0.2, 0.25) is 0 Å². The van der Waals surface area contributed by atoms with Crippen LogP contribution in [0.3, 0.4) is 0 Å². The van der Waals surface area contributed by atoms with E-state index < -0.39 is 18.5 Å². The summed E-state index contributed by atoms with van der Waals surface area (Å²) in [5, 5.41) is 9.09. The van der Waals surface area contributed by atoms with Crippen LogP contribution in [0, 0.1) is 5.82 Å². The molecule has 0 heterocycles. The lowest BCUT2D eigenvalue weighted by atomic mass is 9.94. The van der Waals surface area contributed by atoms with E-state index in [2.05, 4.69) is 0 Å². The Bertz CT molecular complexity index is 580. The smallest absolute Gasteiger partial charge is 0.336 e. The van der Waals surface area contributed by atoms with E-state index in [4.69, 9.17) is 5.11 Å². The average Bonchev–Trinajstić information content (AvgIpc) is 2.39. The minimum absolute atomic E-state index is 0.102. The highest BCUT2D eigenvalue weighted by molar-refractivity contribution is 5.97. The molecule has 0 aliphatic heterocycles. The zero-order valence-electron chi connectivity index (χ0n) is 9.36. The third kappa shape index (κ3) is 2.09. The number of carbonyl (C=O) groups is 1. The number of alkyl halides is 1. The van der Waals surface area contributed by atoms with Gasteiger partial charge in [-0.05, 0) is 17.7 Å². The molecule has 0 saturated carbocycles. The SMILES string of the molecule is O=C(O)c1ccc(F)c(CF)c1-c1ccccc1. The van der Waals surface area contributed by atoms with Crippen LogP contribution in [0.1, 0.15) is 15.9 Å². The van der Waals surface area contributed by atoms with Gasteiger partial charge >= 0.3 is 5.97 Å². The minimum atomic E-state index is -1.21. The largest absolute Gasteiger partial charge is 0.478 e. The Morgan fingerprint density at radius 2 is 1.78 bits per heavy atom. The van der Waals surface area contributed by atoms with Gasteiger partial charge in [-0.3, -0.25) is 0 Å². The van der Waals surface area contributed by atoms with Crippen LogP contribution in [0.5, 0.6) is 0 Å². The summed E-state index contributed by atoms with van der Waals surface area (Å²) in [6.07, 6.45) is 0. The molecule has 2 aromatic rings. The summed E-state index contributed by atoms with van der Waals surface area (Å²) < 4.78 is 26.5. The Morgan fingerprint density at radius 3 is 2.33 bits per heavy atom. The van der Waals surface area contributed by atoms with Gasteiger partial charge in [-0.1, -0.05) is 30.3 Å². The molecule has 0 spiro atoms. The highest BCUT2D eigenvalue weighted by Gasteiger charge is 2.18. The van der Waals surface area contributed by atoms with Crippen molar-refractivity contribution in [1.29, 1.82) is 0 Å². The first-order chi connectivity index (χ1) is 8.65. The van der Waals surface area contributed by atoms with Gasteiger partial charge in [0.15, 0.2) is 0 Å².